The second-order valence-corrected chi connectivity index (χ2v) is 24.1. The molecule has 0 aromatic carbocycles. The van der Waals surface area contributed by atoms with Gasteiger partial charge in [0.1, 0.15) is 0 Å². The molecule has 34 heavy (non-hydrogen) atoms. The van der Waals surface area contributed by atoms with Crippen LogP contribution in [0.2, 0.25) is 36.3 Å². The topological polar surface area (TPSA) is 18.5 Å². The molecule has 2 rings (SSSR count). The quantitative estimate of drug-likeness (QED) is 0.205. The molecule has 0 saturated heterocycles. The second kappa shape index (κ2) is 10.7. The summed E-state index contributed by atoms with van der Waals surface area (Å²) >= 11 is 0. The van der Waals surface area contributed by atoms with E-state index in [4.69, 9.17) is 8.85 Å². The second-order valence-electron chi connectivity index (χ2n) is 14.6. The maximum absolute atomic E-state index is 7.09. The number of hydrogen-bond donors (Lipinski definition) is 0. The minimum Gasteiger partial charge on any atom is -0.414 e. The number of unbranched alkanes of at least 4 members (excludes halogenated alkanes) is 1. The third kappa shape index (κ3) is 6.78. The molecule has 0 amide bonds. The Balaban J connectivity index is 2.20. The van der Waals surface area contributed by atoms with E-state index in [0.717, 1.165) is 18.8 Å². The van der Waals surface area contributed by atoms with E-state index in [2.05, 4.69) is 99.5 Å². The molecule has 0 spiro atoms. The summed E-state index contributed by atoms with van der Waals surface area (Å²) in [7, 11) is -3.63. The molecule has 2 aliphatic rings. The van der Waals surface area contributed by atoms with E-state index in [-0.39, 0.29) is 15.7 Å². The van der Waals surface area contributed by atoms with Crippen LogP contribution in [0.5, 0.6) is 0 Å². The van der Waals surface area contributed by atoms with Crippen molar-refractivity contribution in [3.05, 3.63) is 24.8 Å². The molecule has 2 fully saturated rings. The van der Waals surface area contributed by atoms with Gasteiger partial charge in [-0.3, -0.25) is 0 Å². The third-order valence-electron chi connectivity index (χ3n) is 9.93. The normalized spacial score (nSPS) is 28.3. The van der Waals surface area contributed by atoms with Gasteiger partial charge >= 0.3 is 0 Å². The summed E-state index contributed by atoms with van der Waals surface area (Å²) in [5.74, 6) is 0.786. The zero-order valence-corrected chi connectivity index (χ0v) is 26.8. The predicted octanol–water partition coefficient (Wildman–Crippen LogP) is 10.0. The molecule has 4 heteroatoms. The fraction of sp³-hybridized carbons (Fsp3) is 0.867. The van der Waals surface area contributed by atoms with E-state index in [1.807, 2.05) is 0 Å². The Bertz CT molecular complexity index is 712. The molecular weight excluding hydrogens is 449 g/mol. The average Bonchev–Trinajstić information content (AvgIpc) is 3.20. The number of rotatable bonds is 11. The van der Waals surface area contributed by atoms with E-state index in [9.17, 15) is 0 Å². The molecule has 0 N–H and O–H groups in total. The first-order valence-corrected chi connectivity index (χ1v) is 19.9. The van der Waals surface area contributed by atoms with Crippen LogP contribution in [-0.4, -0.2) is 28.3 Å². The van der Waals surface area contributed by atoms with Crippen LogP contribution in [-0.2, 0) is 8.85 Å². The van der Waals surface area contributed by atoms with E-state index in [1.165, 1.54) is 44.9 Å². The van der Waals surface area contributed by atoms with Gasteiger partial charge in [0.15, 0.2) is 16.6 Å². The number of fused-ring (bicyclic) bond motifs is 1. The lowest BCUT2D eigenvalue weighted by atomic mass is 9.79. The molecule has 198 valence electrons. The van der Waals surface area contributed by atoms with Gasteiger partial charge in [-0.25, -0.2) is 0 Å². The summed E-state index contributed by atoms with van der Waals surface area (Å²) in [6, 6.07) is 0. The molecule has 0 radical (unpaired) electrons. The molecule has 0 heterocycles. The van der Waals surface area contributed by atoms with Gasteiger partial charge < -0.3 is 8.85 Å². The van der Waals surface area contributed by atoms with Crippen molar-refractivity contribution in [1.29, 1.82) is 0 Å². The zero-order valence-electron chi connectivity index (χ0n) is 24.8. The SMILES string of the molecule is C=CC(CC=CC12CCCC1CC(O[Si](C)(C)C(C)(C)C)C2)(CCCC)O[Si](C)(C)C(C)(C)C. The van der Waals surface area contributed by atoms with Crippen LogP contribution < -0.4 is 0 Å². The zero-order chi connectivity index (χ0) is 26.1. The standard InChI is InChI=1S/C30H58O2Si2/c1-13-15-21-30(14-2,32-34(11,12)28(6,7)8)22-17-20-29-19-16-18-25(29)23-26(24-29)31-33(9,10)27(3,4)5/h14,17,20,25-26H,2,13,15-16,18-19,21-24H2,1,3-12H3. The van der Waals surface area contributed by atoms with Crippen LogP contribution in [0.25, 0.3) is 0 Å². The van der Waals surface area contributed by atoms with Crippen LogP contribution in [0.15, 0.2) is 24.8 Å². The van der Waals surface area contributed by atoms with Crippen LogP contribution in [0.1, 0.15) is 106 Å². The highest BCUT2D eigenvalue weighted by Gasteiger charge is 2.51. The van der Waals surface area contributed by atoms with E-state index < -0.39 is 16.6 Å². The fourth-order valence-electron chi connectivity index (χ4n) is 5.64. The summed E-state index contributed by atoms with van der Waals surface area (Å²) in [4.78, 5) is 0. The van der Waals surface area contributed by atoms with Crippen molar-refractivity contribution in [1.82, 2.24) is 0 Å². The first-order chi connectivity index (χ1) is 15.4. The maximum atomic E-state index is 7.09. The average molecular weight is 507 g/mol. The Morgan fingerprint density at radius 2 is 1.62 bits per heavy atom. The Labute approximate surface area is 215 Å². The summed E-state index contributed by atoms with van der Waals surface area (Å²) < 4.78 is 14.0. The van der Waals surface area contributed by atoms with Crippen molar-refractivity contribution in [2.24, 2.45) is 11.3 Å². The van der Waals surface area contributed by atoms with Crippen LogP contribution >= 0.6 is 0 Å². The summed E-state index contributed by atoms with van der Waals surface area (Å²) in [5, 5.41) is 0.476. The lowest BCUT2D eigenvalue weighted by Crippen LogP contribution is -2.49. The molecule has 0 bridgehead atoms. The summed E-state index contributed by atoms with van der Waals surface area (Å²) in [6.45, 7) is 30.2. The minimum absolute atomic E-state index is 0.201. The molecule has 4 atom stereocenters. The maximum Gasteiger partial charge on any atom is 0.193 e. The molecule has 0 aliphatic heterocycles. The molecule has 2 aliphatic carbocycles. The van der Waals surface area contributed by atoms with Gasteiger partial charge in [-0.05, 0) is 86.1 Å². The fourth-order valence-corrected chi connectivity index (χ4v) is 8.60. The van der Waals surface area contributed by atoms with Crippen molar-refractivity contribution in [3.63, 3.8) is 0 Å². The molecule has 0 aromatic heterocycles. The monoisotopic (exact) mass is 506 g/mol. The molecule has 2 nitrogen and oxygen atoms in total. The van der Waals surface area contributed by atoms with Gasteiger partial charge in [0.05, 0.1) is 5.60 Å². The van der Waals surface area contributed by atoms with Crippen molar-refractivity contribution in [2.45, 2.75) is 154 Å². The Morgan fingerprint density at radius 1 is 1.00 bits per heavy atom. The van der Waals surface area contributed by atoms with E-state index in [0.29, 0.717) is 11.5 Å². The molecule has 4 unspecified atom stereocenters. The van der Waals surface area contributed by atoms with Gasteiger partial charge in [0, 0.05) is 6.10 Å². The van der Waals surface area contributed by atoms with Crippen molar-refractivity contribution >= 4 is 16.6 Å². The molecule has 0 aromatic rings. The van der Waals surface area contributed by atoms with Crippen molar-refractivity contribution in [2.75, 3.05) is 0 Å². The first-order valence-electron chi connectivity index (χ1n) is 14.1. The lowest BCUT2D eigenvalue weighted by molar-refractivity contribution is 0.0927. The van der Waals surface area contributed by atoms with Crippen LogP contribution in [0.3, 0.4) is 0 Å². The number of hydrogen-bond acceptors (Lipinski definition) is 2. The van der Waals surface area contributed by atoms with Crippen LogP contribution in [0.4, 0.5) is 0 Å². The van der Waals surface area contributed by atoms with Crippen molar-refractivity contribution in [3.8, 4) is 0 Å². The van der Waals surface area contributed by atoms with Crippen molar-refractivity contribution < 1.29 is 8.85 Å². The van der Waals surface area contributed by atoms with Gasteiger partial charge in [0.2, 0.25) is 0 Å². The molecular formula is C30H58O2Si2. The lowest BCUT2D eigenvalue weighted by Gasteiger charge is -2.44. The predicted molar refractivity (Wildman–Crippen MR) is 156 cm³/mol. The van der Waals surface area contributed by atoms with E-state index >= 15 is 0 Å². The minimum atomic E-state index is -1.90. The van der Waals surface area contributed by atoms with Gasteiger partial charge in [-0.1, -0.05) is 86.0 Å². The van der Waals surface area contributed by atoms with Gasteiger partial charge in [0.25, 0.3) is 0 Å². The Hall–Kier alpha value is -0.166. The summed E-state index contributed by atoms with van der Waals surface area (Å²) in [6.07, 6.45) is 18.6. The smallest absolute Gasteiger partial charge is 0.193 e. The van der Waals surface area contributed by atoms with E-state index in [1.54, 1.807) is 0 Å². The third-order valence-corrected chi connectivity index (χ3v) is 19.0. The van der Waals surface area contributed by atoms with Gasteiger partial charge in [-0.2, -0.15) is 0 Å². The summed E-state index contributed by atoms with van der Waals surface area (Å²) in [5.41, 5.74) is 0.0948. The number of allylic oxidation sites excluding steroid dienone is 1. The first kappa shape index (κ1) is 30.1. The Morgan fingerprint density at radius 3 is 2.15 bits per heavy atom. The Kier molecular flexibility index (Phi) is 9.44. The van der Waals surface area contributed by atoms with Crippen LogP contribution in [0, 0.1) is 11.3 Å². The van der Waals surface area contributed by atoms with Gasteiger partial charge in [-0.15, -0.1) is 6.58 Å². The largest absolute Gasteiger partial charge is 0.414 e. The highest BCUT2D eigenvalue weighted by Crippen LogP contribution is 2.57. The molecule has 2 saturated carbocycles. The highest BCUT2D eigenvalue weighted by molar-refractivity contribution is 6.74. The highest BCUT2D eigenvalue weighted by atomic mass is 28.4.